The molecule has 4 heteroatoms. The summed E-state index contributed by atoms with van der Waals surface area (Å²) in [6.45, 7) is 9.95. The number of piperidine rings is 1. The maximum absolute atomic E-state index is 12.3. The fourth-order valence-corrected chi connectivity index (χ4v) is 2.88. The van der Waals surface area contributed by atoms with Gasteiger partial charge in [-0.1, -0.05) is 44.5 Å². The molecular weight excluding hydrogens is 296 g/mol. The first kappa shape index (κ1) is 17.3. The first-order valence-electron chi connectivity index (χ1n) is 8.08. The number of carbonyl (C=O) groups excluding carboxylic acids is 1. The third-order valence-corrected chi connectivity index (χ3v) is 4.24. The predicted molar refractivity (Wildman–Crippen MR) is 91.9 cm³/mol. The standard InChI is InChI=1S/C18H27ClN2O/c1-18(2,3)13-20-17(22)15-5-4-10-21(12-15)11-14-6-8-16(19)9-7-14/h6-9,15H,4-5,10-13H2,1-3H3,(H,20,22)/t15-/m1/s1. The lowest BCUT2D eigenvalue weighted by molar-refractivity contribution is -0.127. The van der Waals surface area contributed by atoms with Gasteiger partial charge in [0, 0.05) is 24.7 Å². The number of benzene rings is 1. The minimum absolute atomic E-state index is 0.114. The predicted octanol–water partition coefficient (Wildman–Crippen LogP) is 3.71. The number of halogens is 1. The van der Waals surface area contributed by atoms with Gasteiger partial charge in [-0.15, -0.1) is 0 Å². The number of amides is 1. The largest absolute Gasteiger partial charge is 0.355 e. The molecule has 0 spiro atoms. The van der Waals surface area contributed by atoms with E-state index in [9.17, 15) is 4.79 Å². The van der Waals surface area contributed by atoms with Crippen LogP contribution in [0.25, 0.3) is 0 Å². The van der Waals surface area contributed by atoms with Crippen molar-refractivity contribution in [2.75, 3.05) is 19.6 Å². The Morgan fingerprint density at radius 1 is 1.32 bits per heavy atom. The van der Waals surface area contributed by atoms with Crippen molar-refractivity contribution in [3.63, 3.8) is 0 Å². The number of rotatable bonds is 4. The Hall–Kier alpha value is -1.06. The van der Waals surface area contributed by atoms with Crippen LogP contribution in [0, 0.1) is 11.3 Å². The van der Waals surface area contributed by atoms with E-state index in [-0.39, 0.29) is 17.2 Å². The minimum Gasteiger partial charge on any atom is -0.355 e. The molecule has 122 valence electrons. The van der Waals surface area contributed by atoms with Gasteiger partial charge < -0.3 is 5.32 Å². The van der Waals surface area contributed by atoms with E-state index >= 15 is 0 Å². The molecular formula is C18H27ClN2O. The molecule has 0 aliphatic carbocycles. The second-order valence-electron chi connectivity index (χ2n) is 7.48. The van der Waals surface area contributed by atoms with Crippen molar-refractivity contribution in [2.45, 2.75) is 40.2 Å². The Labute approximate surface area is 139 Å². The summed E-state index contributed by atoms with van der Waals surface area (Å²) in [7, 11) is 0. The number of likely N-dealkylation sites (tertiary alicyclic amines) is 1. The minimum atomic E-state index is 0.114. The molecule has 1 N–H and O–H groups in total. The number of nitrogens with zero attached hydrogens (tertiary/aromatic N) is 1. The molecule has 2 rings (SSSR count). The highest BCUT2D eigenvalue weighted by Gasteiger charge is 2.26. The molecule has 0 unspecified atom stereocenters. The van der Waals surface area contributed by atoms with E-state index < -0.39 is 0 Å². The summed E-state index contributed by atoms with van der Waals surface area (Å²) in [6, 6.07) is 7.97. The maximum atomic E-state index is 12.3. The van der Waals surface area contributed by atoms with Gasteiger partial charge in [-0.25, -0.2) is 0 Å². The molecule has 1 fully saturated rings. The van der Waals surface area contributed by atoms with Crippen LogP contribution in [0.1, 0.15) is 39.2 Å². The molecule has 1 aromatic rings. The van der Waals surface area contributed by atoms with E-state index in [1.54, 1.807) is 0 Å². The van der Waals surface area contributed by atoms with Crippen LogP contribution in [0.15, 0.2) is 24.3 Å². The third-order valence-electron chi connectivity index (χ3n) is 3.99. The molecule has 1 heterocycles. The summed E-state index contributed by atoms with van der Waals surface area (Å²) in [5, 5.41) is 3.87. The van der Waals surface area contributed by atoms with E-state index in [2.05, 4.69) is 43.1 Å². The zero-order chi connectivity index (χ0) is 16.2. The van der Waals surface area contributed by atoms with Crippen LogP contribution in [-0.4, -0.2) is 30.4 Å². The Bertz CT molecular complexity index is 493. The third kappa shape index (κ3) is 5.62. The summed E-state index contributed by atoms with van der Waals surface area (Å²) in [5.74, 6) is 0.319. The molecule has 22 heavy (non-hydrogen) atoms. The van der Waals surface area contributed by atoms with Crippen LogP contribution < -0.4 is 5.32 Å². The van der Waals surface area contributed by atoms with Crippen molar-refractivity contribution >= 4 is 17.5 Å². The molecule has 1 aromatic carbocycles. The average molecular weight is 323 g/mol. The van der Waals surface area contributed by atoms with E-state index in [4.69, 9.17) is 11.6 Å². The van der Waals surface area contributed by atoms with Crippen LogP contribution in [-0.2, 0) is 11.3 Å². The van der Waals surface area contributed by atoms with E-state index in [1.807, 2.05) is 12.1 Å². The fourth-order valence-electron chi connectivity index (χ4n) is 2.76. The molecule has 1 aliphatic rings. The lowest BCUT2D eigenvalue weighted by Crippen LogP contribution is -2.44. The van der Waals surface area contributed by atoms with Crippen LogP contribution in [0.4, 0.5) is 0 Å². The van der Waals surface area contributed by atoms with Crippen LogP contribution in [0.2, 0.25) is 5.02 Å². The fraction of sp³-hybridized carbons (Fsp3) is 0.611. The SMILES string of the molecule is CC(C)(C)CNC(=O)[C@@H]1CCCN(Cc2ccc(Cl)cc2)C1. The Morgan fingerprint density at radius 2 is 2.00 bits per heavy atom. The quantitative estimate of drug-likeness (QED) is 0.916. The second-order valence-corrected chi connectivity index (χ2v) is 7.92. The van der Waals surface area contributed by atoms with Gasteiger partial charge in [0.15, 0.2) is 0 Å². The first-order valence-corrected chi connectivity index (χ1v) is 8.46. The first-order chi connectivity index (χ1) is 10.3. The van der Waals surface area contributed by atoms with E-state index in [0.29, 0.717) is 0 Å². The Balaban J connectivity index is 1.85. The lowest BCUT2D eigenvalue weighted by Gasteiger charge is -2.32. The highest BCUT2D eigenvalue weighted by molar-refractivity contribution is 6.30. The smallest absolute Gasteiger partial charge is 0.224 e. The number of hydrogen-bond donors (Lipinski definition) is 1. The van der Waals surface area contributed by atoms with Crippen molar-refractivity contribution < 1.29 is 4.79 Å². The molecule has 0 aromatic heterocycles. The van der Waals surface area contributed by atoms with Gasteiger partial charge in [-0.2, -0.15) is 0 Å². The van der Waals surface area contributed by atoms with Crippen molar-refractivity contribution in [3.05, 3.63) is 34.9 Å². The van der Waals surface area contributed by atoms with Gasteiger partial charge in [-0.3, -0.25) is 9.69 Å². The Kier molecular flexibility index (Phi) is 5.87. The topological polar surface area (TPSA) is 32.3 Å². The van der Waals surface area contributed by atoms with Crippen LogP contribution >= 0.6 is 11.6 Å². The zero-order valence-electron chi connectivity index (χ0n) is 13.9. The van der Waals surface area contributed by atoms with Gasteiger partial charge in [0.05, 0.1) is 5.92 Å². The van der Waals surface area contributed by atoms with Gasteiger partial charge in [0.25, 0.3) is 0 Å². The summed E-state index contributed by atoms with van der Waals surface area (Å²) in [4.78, 5) is 14.7. The van der Waals surface area contributed by atoms with Gasteiger partial charge in [0.1, 0.15) is 0 Å². The van der Waals surface area contributed by atoms with Crippen LogP contribution in [0.3, 0.4) is 0 Å². The van der Waals surface area contributed by atoms with Crippen molar-refractivity contribution in [3.8, 4) is 0 Å². The normalized spacial score (nSPS) is 19.9. The van der Waals surface area contributed by atoms with Gasteiger partial charge >= 0.3 is 0 Å². The second kappa shape index (κ2) is 7.47. The molecule has 0 saturated carbocycles. The Morgan fingerprint density at radius 3 is 2.64 bits per heavy atom. The van der Waals surface area contributed by atoms with Crippen molar-refractivity contribution in [1.29, 1.82) is 0 Å². The zero-order valence-corrected chi connectivity index (χ0v) is 14.6. The molecule has 1 aliphatic heterocycles. The maximum Gasteiger partial charge on any atom is 0.224 e. The highest BCUT2D eigenvalue weighted by atomic mass is 35.5. The summed E-state index contributed by atoms with van der Waals surface area (Å²) >= 11 is 5.92. The molecule has 0 radical (unpaired) electrons. The van der Waals surface area contributed by atoms with E-state index in [1.165, 1.54) is 5.56 Å². The number of hydrogen-bond acceptors (Lipinski definition) is 2. The monoisotopic (exact) mass is 322 g/mol. The van der Waals surface area contributed by atoms with Gasteiger partial charge in [0.2, 0.25) is 5.91 Å². The van der Waals surface area contributed by atoms with Crippen molar-refractivity contribution in [2.24, 2.45) is 11.3 Å². The lowest BCUT2D eigenvalue weighted by atomic mass is 9.94. The average Bonchev–Trinajstić information content (AvgIpc) is 2.47. The molecule has 1 amide bonds. The summed E-state index contributed by atoms with van der Waals surface area (Å²) in [5.41, 5.74) is 1.38. The van der Waals surface area contributed by atoms with Crippen molar-refractivity contribution in [1.82, 2.24) is 10.2 Å². The highest BCUT2D eigenvalue weighted by Crippen LogP contribution is 2.20. The number of carbonyl (C=O) groups is 1. The summed E-state index contributed by atoms with van der Waals surface area (Å²) in [6.07, 6.45) is 2.08. The molecule has 3 nitrogen and oxygen atoms in total. The molecule has 1 saturated heterocycles. The van der Waals surface area contributed by atoms with Crippen LogP contribution in [0.5, 0.6) is 0 Å². The van der Waals surface area contributed by atoms with E-state index in [0.717, 1.165) is 44.0 Å². The molecule has 1 atom stereocenters. The van der Waals surface area contributed by atoms with Gasteiger partial charge in [-0.05, 0) is 42.5 Å². The molecule has 0 bridgehead atoms. The number of nitrogens with one attached hydrogen (secondary N) is 1. The summed E-state index contributed by atoms with van der Waals surface area (Å²) < 4.78 is 0.